The van der Waals surface area contributed by atoms with Crippen molar-refractivity contribution < 1.29 is 37.5 Å². The van der Waals surface area contributed by atoms with Crippen molar-refractivity contribution in [3.05, 3.63) is 65.5 Å². The predicted octanol–water partition coefficient (Wildman–Crippen LogP) is 2.47. The second-order valence-electron chi connectivity index (χ2n) is 3.42. The van der Waals surface area contributed by atoms with Crippen LogP contribution >= 0.6 is 0 Å². The van der Waals surface area contributed by atoms with Gasteiger partial charge in [0, 0.05) is 32.7 Å². The van der Waals surface area contributed by atoms with Crippen LogP contribution in [0, 0.1) is 12.3 Å². The zero-order valence-corrected chi connectivity index (χ0v) is 12.4. The van der Waals surface area contributed by atoms with Crippen molar-refractivity contribution in [1.82, 2.24) is 4.98 Å². The van der Waals surface area contributed by atoms with Gasteiger partial charge in [0.2, 0.25) is 0 Å². The first-order valence-electron chi connectivity index (χ1n) is 5.20. The number of carbonyl (C=O) groups is 1. The monoisotopic (exact) mass is 298 g/mol. The Hall–Kier alpha value is -0.856. The number of hydrogen-bond acceptors (Lipinski definition) is 2. The van der Waals surface area contributed by atoms with Crippen LogP contribution in [0.4, 0.5) is 0 Å². The number of carbonyl (C=O) groups excluding carboxylic acids is 1. The summed E-state index contributed by atoms with van der Waals surface area (Å²) in [6, 6.07) is 13.6. The second-order valence-corrected chi connectivity index (χ2v) is 3.42. The van der Waals surface area contributed by atoms with Crippen molar-refractivity contribution in [1.29, 1.82) is 0 Å². The van der Waals surface area contributed by atoms with E-state index in [0.717, 1.165) is 12.1 Å². The first-order valence-corrected chi connectivity index (χ1v) is 5.20. The maximum atomic E-state index is 11.9. The quantitative estimate of drug-likeness (QED) is 0.643. The summed E-state index contributed by atoms with van der Waals surface area (Å²) in [5.41, 5.74) is 1.97. The predicted molar refractivity (Wildman–Crippen MR) is 61.2 cm³/mol. The summed E-state index contributed by atoms with van der Waals surface area (Å²) in [7, 11) is 0. The molecule has 0 aliphatic carbocycles. The van der Waals surface area contributed by atoms with E-state index in [-0.39, 0.29) is 38.5 Å². The van der Waals surface area contributed by atoms with Gasteiger partial charge in [-0.3, -0.25) is 0 Å². The molecule has 17 heavy (non-hydrogen) atoms. The summed E-state index contributed by atoms with van der Waals surface area (Å²) in [6.45, 7) is 2.02. The summed E-state index contributed by atoms with van der Waals surface area (Å²) in [4.78, 5) is 16.0. The average molecular weight is 298 g/mol. The molecule has 2 nitrogen and oxygen atoms in total. The van der Waals surface area contributed by atoms with Gasteiger partial charge in [0.25, 0.3) is 0 Å². The number of ketones is 1. The molecule has 0 aliphatic rings. The molecule has 0 aliphatic heterocycles. The molecule has 2 aromatic rings. The Bertz CT molecular complexity index is 479. The Kier molecular flexibility index (Phi) is 5.66. The van der Waals surface area contributed by atoms with Gasteiger partial charge >= 0.3 is 0 Å². The van der Waals surface area contributed by atoms with E-state index >= 15 is 0 Å². The molecular formula is C14H11NOY-2. The summed E-state index contributed by atoms with van der Waals surface area (Å²) in [5, 5.41) is 0. The largest absolute Gasteiger partial charge is 0.357 e. The normalized spacial score (nSPS) is 9.47. The summed E-state index contributed by atoms with van der Waals surface area (Å²) in [6.07, 6.45) is 3.62. The molecule has 1 radical (unpaired) electrons. The molecule has 1 aromatic heterocycles. The van der Waals surface area contributed by atoms with E-state index in [1.165, 1.54) is 0 Å². The second kappa shape index (κ2) is 6.78. The maximum Gasteiger partial charge on any atom is 0.0909 e. The minimum absolute atomic E-state index is 0. The van der Waals surface area contributed by atoms with Crippen LogP contribution in [0.25, 0.3) is 0 Å². The van der Waals surface area contributed by atoms with Crippen molar-refractivity contribution in [2.45, 2.75) is 13.3 Å². The zero-order valence-electron chi connectivity index (χ0n) is 9.60. The van der Waals surface area contributed by atoms with Crippen LogP contribution in [-0.2, 0) is 39.1 Å². The van der Waals surface area contributed by atoms with E-state index in [1.54, 1.807) is 18.2 Å². The van der Waals surface area contributed by atoms with Crippen molar-refractivity contribution in [3.8, 4) is 0 Å². The number of aryl methyl sites for hydroxylation is 1. The number of rotatable bonds is 3. The van der Waals surface area contributed by atoms with Crippen LogP contribution in [0.15, 0.2) is 36.4 Å². The van der Waals surface area contributed by atoms with Crippen molar-refractivity contribution in [3.63, 3.8) is 0 Å². The van der Waals surface area contributed by atoms with Gasteiger partial charge in [0.05, 0.1) is 5.78 Å². The molecule has 0 atom stereocenters. The third-order valence-electron chi connectivity index (χ3n) is 2.32. The van der Waals surface area contributed by atoms with Gasteiger partial charge in [-0.15, -0.1) is 48.0 Å². The number of pyridine rings is 1. The molecule has 0 bridgehead atoms. The smallest absolute Gasteiger partial charge is 0.0909 e. The molecule has 2 rings (SSSR count). The molecule has 0 fully saturated rings. The molecule has 0 saturated carbocycles. The van der Waals surface area contributed by atoms with Gasteiger partial charge in [-0.1, -0.05) is 12.5 Å². The molecule has 0 unspecified atom stereocenters. The molecule has 1 aromatic carbocycles. The SMILES string of the molecule is CCc1ccc(C(=O)c2[c-]cccc2)[c-]n1.[Y]. The maximum absolute atomic E-state index is 11.9. The van der Waals surface area contributed by atoms with E-state index in [1.807, 2.05) is 25.1 Å². The van der Waals surface area contributed by atoms with Crippen LogP contribution < -0.4 is 0 Å². The van der Waals surface area contributed by atoms with Crippen LogP contribution in [0.3, 0.4) is 0 Å². The van der Waals surface area contributed by atoms with Crippen molar-refractivity contribution in [2.75, 3.05) is 0 Å². The van der Waals surface area contributed by atoms with Crippen LogP contribution in [0.1, 0.15) is 28.5 Å². The van der Waals surface area contributed by atoms with E-state index in [0.29, 0.717) is 11.1 Å². The Morgan fingerprint density at radius 3 is 2.59 bits per heavy atom. The molecule has 83 valence electrons. The van der Waals surface area contributed by atoms with Gasteiger partial charge in [-0.2, -0.15) is 0 Å². The van der Waals surface area contributed by atoms with E-state index in [4.69, 9.17) is 0 Å². The van der Waals surface area contributed by atoms with Crippen molar-refractivity contribution >= 4 is 5.78 Å². The van der Waals surface area contributed by atoms with E-state index in [2.05, 4.69) is 17.2 Å². The fraction of sp³-hybridized carbons (Fsp3) is 0.143. The first-order chi connectivity index (χ1) is 7.81. The standard InChI is InChI=1S/C14H11NO.Y/c1-2-13-9-8-12(10-15-13)14(16)11-6-4-3-5-7-11;/h3-6,8-9H,2H2,1H3;/q-2;. The number of benzene rings is 1. The Morgan fingerprint density at radius 1 is 1.24 bits per heavy atom. The Balaban J connectivity index is 0.00000144. The van der Waals surface area contributed by atoms with Gasteiger partial charge < -0.3 is 9.78 Å². The Morgan fingerprint density at radius 2 is 2.06 bits per heavy atom. The minimum Gasteiger partial charge on any atom is -0.357 e. The van der Waals surface area contributed by atoms with Crippen LogP contribution in [0.2, 0.25) is 0 Å². The molecule has 0 N–H and O–H groups in total. The molecule has 3 heteroatoms. The first kappa shape index (κ1) is 14.2. The number of nitrogens with zero attached hydrogens (tertiary/aromatic N) is 1. The fourth-order valence-corrected chi connectivity index (χ4v) is 1.39. The van der Waals surface area contributed by atoms with Gasteiger partial charge in [-0.25, -0.2) is 0 Å². The summed E-state index contributed by atoms with van der Waals surface area (Å²) < 4.78 is 0. The van der Waals surface area contributed by atoms with Gasteiger partial charge in [-0.05, 0) is 18.3 Å². The zero-order chi connectivity index (χ0) is 11.4. The molecule has 1 heterocycles. The third kappa shape index (κ3) is 3.55. The summed E-state index contributed by atoms with van der Waals surface area (Å²) in [5.74, 6) is -0.0873. The minimum atomic E-state index is -0.0873. The summed E-state index contributed by atoms with van der Waals surface area (Å²) >= 11 is 0. The van der Waals surface area contributed by atoms with Gasteiger partial charge in [0.1, 0.15) is 0 Å². The average Bonchev–Trinajstić information content (AvgIpc) is 2.39. The van der Waals surface area contributed by atoms with Crippen LogP contribution in [-0.4, -0.2) is 10.8 Å². The third-order valence-corrected chi connectivity index (χ3v) is 2.32. The number of aromatic nitrogens is 1. The molecular weight excluding hydrogens is 287 g/mol. The molecule has 0 amide bonds. The van der Waals surface area contributed by atoms with E-state index in [9.17, 15) is 4.79 Å². The van der Waals surface area contributed by atoms with Gasteiger partial charge in [0.15, 0.2) is 0 Å². The topological polar surface area (TPSA) is 30.0 Å². The molecule has 0 spiro atoms. The number of hydrogen-bond donors (Lipinski definition) is 0. The fourth-order valence-electron chi connectivity index (χ4n) is 1.39. The van der Waals surface area contributed by atoms with E-state index < -0.39 is 0 Å². The molecule has 0 saturated heterocycles. The van der Waals surface area contributed by atoms with Crippen LogP contribution in [0.5, 0.6) is 0 Å². The van der Waals surface area contributed by atoms with Crippen molar-refractivity contribution in [2.24, 2.45) is 0 Å². The Labute approximate surface area is 126 Å².